The summed E-state index contributed by atoms with van der Waals surface area (Å²) >= 11 is 3.38. The molecule has 5 heteroatoms. The third-order valence-electron chi connectivity index (χ3n) is 2.16. The van der Waals surface area contributed by atoms with Gasteiger partial charge in [-0.2, -0.15) is 0 Å². The standard InChI is InChI=1S/C11H16BrN3O/c1-3-4-15(8-11(16)13-2)10-5-9(12)6-14-7-10/h5-7H,3-4,8H2,1-2H3,(H,13,16). The van der Waals surface area contributed by atoms with Crippen LogP contribution in [-0.2, 0) is 4.79 Å². The molecule has 1 heterocycles. The van der Waals surface area contributed by atoms with E-state index in [9.17, 15) is 4.79 Å². The fourth-order valence-corrected chi connectivity index (χ4v) is 1.75. The maximum atomic E-state index is 11.4. The number of aromatic nitrogens is 1. The maximum Gasteiger partial charge on any atom is 0.239 e. The molecule has 0 spiro atoms. The van der Waals surface area contributed by atoms with Gasteiger partial charge in [-0.3, -0.25) is 9.78 Å². The smallest absolute Gasteiger partial charge is 0.239 e. The normalized spacial score (nSPS) is 9.94. The van der Waals surface area contributed by atoms with E-state index < -0.39 is 0 Å². The highest BCUT2D eigenvalue weighted by atomic mass is 79.9. The summed E-state index contributed by atoms with van der Waals surface area (Å²) in [5.41, 5.74) is 0.958. The fraction of sp³-hybridized carbons (Fsp3) is 0.455. The van der Waals surface area contributed by atoms with Crippen molar-refractivity contribution < 1.29 is 4.79 Å². The summed E-state index contributed by atoms with van der Waals surface area (Å²) in [5.74, 6) is 0.00780. The van der Waals surface area contributed by atoms with Crippen LogP contribution in [-0.4, -0.2) is 31.0 Å². The van der Waals surface area contributed by atoms with Crippen LogP contribution in [0.25, 0.3) is 0 Å². The van der Waals surface area contributed by atoms with Gasteiger partial charge in [0.15, 0.2) is 0 Å². The van der Waals surface area contributed by atoms with Crippen molar-refractivity contribution in [3.63, 3.8) is 0 Å². The Bertz CT molecular complexity index is 357. The molecule has 0 saturated heterocycles. The van der Waals surface area contributed by atoms with E-state index in [0.717, 1.165) is 23.1 Å². The van der Waals surface area contributed by atoms with E-state index in [4.69, 9.17) is 0 Å². The van der Waals surface area contributed by atoms with Crippen LogP contribution in [0.15, 0.2) is 22.9 Å². The van der Waals surface area contributed by atoms with Crippen molar-refractivity contribution in [3.8, 4) is 0 Å². The SMILES string of the molecule is CCCN(CC(=O)NC)c1cncc(Br)c1. The number of amides is 1. The Labute approximate surface area is 104 Å². The van der Waals surface area contributed by atoms with Gasteiger partial charge in [0.05, 0.1) is 18.4 Å². The number of halogens is 1. The maximum absolute atomic E-state index is 11.4. The Morgan fingerprint density at radius 1 is 1.56 bits per heavy atom. The minimum absolute atomic E-state index is 0.00780. The molecule has 16 heavy (non-hydrogen) atoms. The molecule has 0 bridgehead atoms. The largest absolute Gasteiger partial charge is 0.361 e. The first-order valence-electron chi connectivity index (χ1n) is 5.23. The van der Waals surface area contributed by atoms with Crippen molar-refractivity contribution >= 4 is 27.5 Å². The second-order valence-corrected chi connectivity index (χ2v) is 4.37. The third kappa shape index (κ3) is 3.81. The van der Waals surface area contributed by atoms with Crippen molar-refractivity contribution in [1.29, 1.82) is 0 Å². The van der Waals surface area contributed by atoms with Crippen LogP contribution >= 0.6 is 15.9 Å². The second-order valence-electron chi connectivity index (χ2n) is 3.46. The van der Waals surface area contributed by atoms with Gasteiger partial charge in [0, 0.05) is 24.3 Å². The van der Waals surface area contributed by atoms with Gasteiger partial charge in [-0.15, -0.1) is 0 Å². The molecule has 0 unspecified atom stereocenters. The number of hydrogen-bond acceptors (Lipinski definition) is 3. The average Bonchev–Trinajstić information content (AvgIpc) is 2.28. The van der Waals surface area contributed by atoms with Crippen LogP contribution < -0.4 is 10.2 Å². The van der Waals surface area contributed by atoms with Crippen LogP contribution in [0.3, 0.4) is 0 Å². The summed E-state index contributed by atoms with van der Waals surface area (Å²) in [6, 6.07) is 1.96. The number of pyridine rings is 1. The fourth-order valence-electron chi connectivity index (χ4n) is 1.40. The summed E-state index contributed by atoms with van der Waals surface area (Å²) < 4.78 is 0.919. The number of likely N-dealkylation sites (N-methyl/N-ethyl adjacent to an activating group) is 1. The monoisotopic (exact) mass is 285 g/mol. The van der Waals surface area contributed by atoms with Crippen molar-refractivity contribution in [1.82, 2.24) is 10.3 Å². The zero-order valence-electron chi connectivity index (χ0n) is 9.53. The number of nitrogens with zero attached hydrogens (tertiary/aromatic N) is 2. The topological polar surface area (TPSA) is 45.2 Å². The zero-order valence-corrected chi connectivity index (χ0v) is 11.1. The lowest BCUT2D eigenvalue weighted by Gasteiger charge is -2.23. The van der Waals surface area contributed by atoms with Gasteiger partial charge in [0.1, 0.15) is 0 Å². The van der Waals surface area contributed by atoms with Gasteiger partial charge in [-0.05, 0) is 28.4 Å². The lowest BCUT2D eigenvalue weighted by molar-refractivity contribution is -0.119. The van der Waals surface area contributed by atoms with Gasteiger partial charge in [-0.1, -0.05) is 6.92 Å². The Hall–Kier alpha value is -1.10. The molecule has 0 aliphatic heterocycles. The lowest BCUT2D eigenvalue weighted by atomic mass is 10.3. The number of hydrogen-bond donors (Lipinski definition) is 1. The molecule has 4 nitrogen and oxygen atoms in total. The molecule has 1 N–H and O–H groups in total. The zero-order chi connectivity index (χ0) is 12.0. The Morgan fingerprint density at radius 3 is 2.88 bits per heavy atom. The first-order valence-corrected chi connectivity index (χ1v) is 6.02. The van der Waals surface area contributed by atoms with Crippen molar-refractivity contribution in [3.05, 3.63) is 22.9 Å². The first kappa shape index (κ1) is 13.0. The van der Waals surface area contributed by atoms with Crippen LogP contribution in [0, 0.1) is 0 Å². The molecule has 0 aromatic carbocycles. The lowest BCUT2D eigenvalue weighted by Crippen LogP contribution is -2.36. The van der Waals surface area contributed by atoms with Crippen LogP contribution in [0.5, 0.6) is 0 Å². The van der Waals surface area contributed by atoms with Gasteiger partial charge >= 0.3 is 0 Å². The number of carbonyl (C=O) groups excluding carboxylic acids is 1. The molecule has 1 rings (SSSR count). The van der Waals surface area contributed by atoms with Crippen molar-refractivity contribution in [2.45, 2.75) is 13.3 Å². The van der Waals surface area contributed by atoms with E-state index in [-0.39, 0.29) is 5.91 Å². The molecule has 0 fully saturated rings. The quantitative estimate of drug-likeness (QED) is 0.898. The predicted molar refractivity (Wildman–Crippen MR) is 68.5 cm³/mol. The minimum Gasteiger partial charge on any atom is -0.361 e. The van der Waals surface area contributed by atoms with E-state index in [1.165, 1.54) is 0 Å². The van der Waals surface area contributed by atoms with Crippen molar-refractivity contribution in [2.75, 3.05) is 25.0 Å². The molecular formula is C11H16BrN3O. The summed E-state index contributed by atoms with van der Waals surface area (Å²) in [5, 5.41) is 2.63. The molecule has 0 saturated carbocycles. The van der Waals surface area contributed by atoms with Crippen LogP contribution in [0.1, 0.15) is 13.3 Å². The molecule has 1 aromatic heterocycles. The Kier molecular flexibility index (Phi) is 5.25. The summed E-state index contributed by atoms with van der Waals surface area (Å²) in [6.45, 7) is 3.29. The van der Waals surface area contributed by atoms with Crippen LogP contribution in [0.2, 0.25) is 0 Å². The summed E-state index contributed by atoms with van der Waals surface area (Å²) in [7, 11) is 1.64. The molecule has 0 aliphatic carbocycles. The molecule has 1 aromatic rings. The molecule has 0 aliphatic rings. The molecule has 1 amide bonds. The van der Waals surface area contributed by atoms with Gasteiger partial charge in [0.25, 0.3) is 0 Å². The summed E-state index contributed by atoms with van der Waals surface area (Å²) in [6.07, 6.45) is 4.49. The average molecular weight is 286 g/mol. The molecule has 88 valence electrons. The van der Waals surface area contributed by atoms with Crippen molar-refractivity contribution in [2.24, 2.45) is 0 Å². The Balaban J connectivity index is 2.80. The van der Waals surface area contributed by atoms with E-state index in [1.807, 2.05) is 11.0 Å². The minimum atomic E-state index is 0.00780. The van der Waals surface area contributed by atoms with Gasteiger partial charge in [-0.25, -0.2) is 0 Å². The first-order chi connectivity index (χ1) is 7.67. The third-order valence-corrected chi connectivity index (χ3v) is 2.60. The van der Waals surface area contributed by atoms with Crippen LogP contribution in [0.4, 0.5) is 5.69 Å². The number of carbonyl (C=O) groups is 1. The van der Waals surface area contributed by atoms with E-state index in [2.05, 4.69) is 33.2 Å². The summed E-state index contributed by atoms with van der Waals surface area (Å²) in [4.78, 5) is 17.5. The Morgan fingerprint density at radius 2 is 2.31 bits per heavy atom. The van der Waals surface area contributed by atoms with E-state index in [1.54, 1.807) is 19.4 Å². The second kappa shape index (κ2) is 6.48. The number of nitrogens with one attached hydrogen (secondary N) is 1. The van der Waals surface area contributed by atoms with Gasteiger partial charge in [0.2, 0.25) is 5.91 Å². The van der Waals surface area contributed by atoms with E-state index >= 15 is 0 Å². The molecule has 0 atom stereocenters. The predicted octanol–water partition coefficient (Wildman–Crippen LogP) is 1.81. The highest BCUT2D eigenvalue weighted by Gasteiger charge is 2.10. The highest BCUT2D eigenvalue weighted by molar-refractivity contribution is 9.10. The molecular weight excluding hydrogens is 270 g/mol. The number of anilines is 1. The molecule has 0 radical (unpaired) electrons. The number of rotatable bonds is 5. The van der Waals surface area contributed by atoms with E-state index in [0.29, 0.717) is 6.54 Å². The van der Waals surface area contributed by atoms with Gasteiger partial charge < -0.3 is 10.2 Å². The highest BCUT2D eigenvalue weighted by Crippen LogP contribution is 2.18.